The molecule has 0 aromatic heterocycles. The van der Waals surface area contributed by atoms with Gasteiger partial charge in [-0.2, -0.15) is 0 Å². The molecule has 0 spiro atoms. The van der Waals surface area contributed by atoms with E-state index in [1.807, 2.05) is 20.8 Å². The minimum atomic E-state index is -0.288. The number of anilines is 2. The molecule has 1 aliphatic heterocycles. The van der Waals surface area contributed by atoms with Gasteiger partial charge in [-0.25, -0.2) is 0 Å². The fraction of sp³-hybridized carbons (Fsp3) is 0.391. The molecule has 1 aliphatic rings. The number of hydrogen-bond donors (Lipinski definition) is 2. The Morgan fingerprint density at radius 1 is 1.03 bits per heavy atom. The van der Waals surface area contributed by atoms with Crippen LogP contribution in [0.4, 0.5) is 11.4 Å². The van der Waals surface area contributed by atoms with Crippen molar-refractivity contribution in [3.05, 3.63) is 54.1 Å². The third kappa shape index (κ3) is 6.05. The number of benzene rings is 2. The van der Waals surface area contributed by atoms with Crippen LogP contribution >= 0.6 is 0 Å². The molecule has 30 heavy (non-hydrogen) atoms. The Balaban J connectivity index is 1.63. The summed E-state index contributed by atoms with van der Waals surface area (Å²) in [7, 11) is 0. The zero-order valence-electron chi connectivity index (χ0n) is 17.7. The topological polar surface area (TPSA) is 79.9 Å². The first-order valence-corrected chi connectivity index (χ1v) is 10.3. The van der Waals surface area contributed by atoms with Crippen LogP contribution < -0.4 is 15.4 Å². The number of morpholine rings is 1. The van der Waals surface area contributed by atoms with E-state index in [0.717, 1.165) is 5.75 Å². The standard InChI is InChI=1S/C23H29N3O4/c1-4-29-19-11-9-18(10-12-19)24-23(28)20-7-5-6-8-21(20)25-22(27)15-26-13-16(2)30-17(3)14-26/h5-12,16-17H,4,13-15H2,1-3H3,(H,24,28)(H,25,27)/t16-,17-/m0/s1. The highest BCUT2D eigenvalue weighted by Crippen LogP contribution is 2.20. The molecular formula is C23H29N3O4. The average molecular weight is 412 g/mol. The van der Waals surface area contributed by atoms with Gasteiger partial charge in [0.1, 0.15) is 5.75 Å². The molecule has 3 rings (SSSR count). The van der Waals surface area contributed by atoms with Gasteiger partial charge in [0, 0.05) is 18.8 Å². The second kappa shape index (κ2) is 10.2. The highest BCUT2D eigenvalue weighted by molar-refractivity contribution is 6.10. The van der Waals surface area contributed by atoms with Crippen molar-refractivity contribution in [3.63, 3.8) is 0 Å². The van der Waals surface area contributed by atoms with E-state index in [0.29, 0.717) is 36.6 Å². The Kier molecular flexibility index (Phi) is 7.43. The molecule has 0 saturated carbocycles. The number of nitrogens with zero attached hydrogens (tertiary/aromatic N) is 1. The first-order chi connectivity index (χ1) is 14.4. The van der Waals surface area contributed by atoms with Crippen molar-refractivity contribution in [1.82, 2.24) is 4.90 Å². The van der Waals surface area contributed by atoms with Crippen LogP contribution in [0.2, 0.25) is 0 Å². The van der Waals surface area contributed by atoms with Gasteiger partial charge in [0.2, 0.25) is 5.91 Å². The number of ether oxygens (including phenoxy) is 2. The lowest BCUT2D eigenvalue weighted by atomic mass is 10.1. The Morgan fingerprint density at radius 3 is 2.37 bits per heavy atom. The van der Waals surface area contributed by atoms with E-state index in [2.05, 4.69) is 15.5 Å². The SMILES string of the molecule is CCOc1ccc(NC(=O)c2ccccc2NC(=O)CN2C[C@H](C)O[C@@H](C)C2)cc1. The lowest BCUT2D eigenvalue weighted by molar-refractivity contribution is -0.121. The van der Waals surface area contributed by atoms with Crippen molar-refractivity contribution in [1.29, 1.82) is 0 Å². The number of carbonyl (C=O) groups is 2. The van der Waals surface area contributed by atoms with Crippen molar-refractivity contribution < 1.29 is 19.1 Å². The van der Waals surface area contributed by atoms with Crippen LogP contribution in [0.3, 0.4) is 0 Å². The van der Waals surface area contributed by atoms with E-state index in [-0.39, 0.29) is 30.6 Å². The van der Waals surface area contributed by atoms with Crippen LogP contribution in [-0.4, -0.2) is 55.2 Å². The zero-order valence-corrected chi connectivity index (χ0v) is 17.7. The molecule has 2 aromatic carbocycles. The number of amides is 2. The highest BCUT2D eigenvalue weighted by atomic mass is 16.5. The van der Waals surface area contributed by atoms with Gasteiger partial charge in [0.15, 0.2) is 0 Å². The predicted molar refractivity (Wildman–Crippen MR) is 117 cm³/mol. The monoisotopic (exact) mass is 411 g/mol. The third-order valence-corrected chi connectivity index (χ3v) is 4.73. The van der Waals surface area contributed by atoms with Crippen molar-refractivity contribution >= 4 is 23.2 Å². The van der Waals surface area contributed by atoms with Gasteiger partial charge in [-0.05, 0) is 57.2 Å². The van der Waals surface area contributed by atoms with Gasteiger partial charge in [-0.1, -0.05) is 12.1 Å². The second-order valence-corrected chi connectivity index (χ2v) is 7.46. The lowest BCUT2D eigenvalue weighted by Gasteiger charge is -2.34. The molecule has 0 bridgehead atoms. The van der Waals surface area contributed by atoms with Gasteiger partial charge >= 0.3 is 0 Å². The van der Waals surface area contributed by atoms with E-state index in [4.69, 9.17) is 9.47 Å². The molecule has 2 amide bonds. The minimum absolute atomic E-state index is 0.0914. The van der Waals surface area contributed by atoms with Gasteiger partial charge in [0.25, 0.3) is 5.91 Å². The largest absolute Gasteiger partial charge is 0.494 e. The molecule has 2 aromatic rings. The maximum atomic E-state index is 12.8. The molecule has 2 N–H and O–H groups in total. The number of carbonyl (C=O) groups excluding carboxylic acids is 2. The van der Waals surface area contributed by atoms with Crippen molar-refractivity contribution in [2.24, 2.45) is 0 Å². The summed E-state index contributed by atoms with van der Waals surface area (Å²) in [4.78, 5) is 27.4. The van der Waals surface area contributed by atoms with Gasteiger partial charge in [-0.15, -0.1) is 0 Å². The summed E-state index contributed by atoms with van der Waals surface area (Å²) in [6.45, 7) is 8.17. The molecular weight excluding hydrogens is 382 g/mol. The number of hydrogen-bond acceptors (Lipinski definition) is 5. The molecule has 0 radical (unpaired) electrons. The van der Waals surface area contributed by atoms with E-state index in [9.17, 15) is 9.59 Å². The summed E-state index contributed by atoms with van der Waals surface area (Å²) < 4.78 is 11.1. The van der Waals surface area contributed by atoms with Crippen LogP contribution in [0, 0.1) is 0 Å². The zero-order chi connectivity index (χ0) is 21.5. The molecule has 160 valence electrons. The molecule has 1 heterocycles. The van der Waals surface area contributed by atoms with Crippen molar-refractivity contribution in [2.75, 3.05) is 36.9 Å². The number of nitrogens with one attached hydrogen (secondary N) is 2. The molecule has 0 aliphatic carbocycles. The maximum Gasteiger partial charge on any atom is 0.257 e. The molecule has 0 unspecified atom stereocenters. The molecule has 7 heteroatoms. The van der Waals surface area contributed by atoms with Gasteiger partial charge in [0.05, 0.1) is 36.6 Å². The summed E-state index contributed by atoms with van der Waals surface area (Å²) in [6.07, 6.45) is 0.183. The Hall–Kier alpha value is -2.90. The predicted octanol–water partition coefficient (Wildman–Crippen LogP) is 3.39. The van der Waals surface area contributed by atoms with E-state index in [1.54, 1.807) is 48.5 Å². The summed E-state index contributed by atoms with van der Waals surface area (Å²) in [5.74, 6) is 0.302. The molecule has 1 saturated heterocycles. The first kappa shape index (κ1) is 21.8. The van der Waals surface area contributed by atoms with Crippen LogP contribution in [-0.2, 0) is 9.53 Å². The summed E-state index contributed by atoms with van der Waals surface area (Å²) in [6, 6.07) is 14.2. The number of para-hydroxylation sites is 1. The van der Waals surface area contributed by atoms with E-state index in [1.165, 1.54) is 0 Å². The number of rotatable bonds is 7. The molecule has 1 fully saturated rings. The summed E-state index contributed by atoms with van der Waals surface area (Å²) >= 11 is 0. The van der Waals surface area contributed by atoms with Crippen molar-refractivity contribution in [3.8, 4) is 5.75 Å². The molecule has 2 atom stereocenters. The van der Waals surface area contributed by atoms with Crippen LogP contribution in [0.25, 0.3) is 0 Å². The van der Waals surface area contributed by atoms with Gasteiger partial charge in [-0.3, -0.25) is 14.5 Å². The maximum absolute atomic E-state index is 12.8. The van der Waals surface area contributed by atoms with E-state index < -0.39 is 0 Å². The smallest absolute Gasteiger partial charge is 0.257 e. The minimum Gasteiger partial charge on any atom is -0.494 e. The average Bonchev–Trinajstić information content (AvgIpc) is 2.69. The Bertz CT molecular complexity index is 859. The normalized spacial score (nSPS) is 19.2. The van der Waals surface area contributed by atoms with E-state index >= 15 is 0 Å². The first-order valence-electron chi connectivity index (χ1n) is 10.3. The van der Waals surface area contributed by atoms with Crippen LogP contribution in [0.5, 0.6) is 5.75 Å². The quantitative estimate of drug-likeness (QED) is 0.730. The molecule has 7 nitrogen and oxygen atoms in total. The summed E-state index contributed by atoms with van der Waals surface area (Å²) in [5.41, 5.74) is 1.55. The van der Waals surface area contributed by atoms with Crippen LogP contribution in [0.15, 0.2) is 48.5 Å². The Labute approximate surface area is 177 Å². The third-order valence-electron chi connectivity index (χ3n) is 4.73. The fourth-order valence-electron chi connectivity index (χ4n) is 3.60. The lowest BCUT2D eigenvalue weighted by Crippen LogP contribution is -2.48. The highest BCUT2D eigenvalue weighted by Gasteiger charge is 2.24. The van der Waals surface area contributed by atoms with Crippen molar-refractivity contribution in [2.45, 2.75) is 33.0 Å². The second-order valence-electron chi connectivity index (χ2n) is 7.46. The Morgan fingerprint density at radius 2 is 1.70 bits per heavy atom. The summed E-state index contributed by atoms with van der Waals surface area (Å²) in [5, 5.41) is 5.74. The van der Waals surface area contributed by atoms with Gasteiger partial charge < -0.3 is 20.1 Å². The van der Waals surface area contributed by atoms with Crippen LogP contribution in [0.1, 0.15) is 31.1 Å². The fourth-order valence-corrected chi connectivity index (χ4v) is 3.60.